The predicted molar refractivity (Wildman–Crippen MR) is 70.5 cm³/mol. The first-order valence-electron chi connectivity index (χ1n) is 6.60. The molecule has 2 aromatic rings. The number of hydrogen-bond acceptors (Lipinski definition) is 4. The maximum atomic E-state index is 9.39. The number of anilines is 1. The zero-order valence-corrected chi connectivity index (χ0v) is 10.3. The molecule has 2 unspecified atom stereocenters. The van der Waals surface area contributed by atoms with Crippen LogP contribution in [0.3, 0.4) is 0 Å². The van der Waals surface area contributed by atoms with E-state index < -0.39 is 0 Å². The summed E-state index contributed by atoms with van der Waals surface area (Å²) in [7, 11) is 0. The van der Waals surface area contributed by atoms with E-state index in [1.165, 1.54) is 12.8 Å². The number of oxazole rings is 1. The van der Waals surface area contributed by atoms with Crippen molar-refractivity contribution in [3.63, 3.8) is 0 Å². The molecule has 1 aliphatic carbocycles. The van der Waals surface area contributed by atoms with Crippen molar-refractivity contribution in [3.8, 4) is 0 Å². The number of aliphatic hydroxyl groups excluding tert-OH is 1. The van der Waals surface area contributed by atoms with E-state index in [2.05, 4.69) is 10.3 Å². The Balaban J connectivity index is 1.78. The van der Waals surface area contributed by atoms with Crippen LogP contribution in [0, 0.1) is 5.92 Å². The zero-order valence-electron chi connectivity index (χ0n) is 10.3. The lowest BCUT2D eigenvalue weighted by Gasteiger charge is -2.30. The van der Waals surface area contributed by atoms with Gasteiger partial charge in [-0.25, -0.2) is 0 Å². The van der Waals surface area contributed by atoms with E-state index in [1.54, 1.807) is 0 Å². The molecule has 3 rings (SSSR count). The summed E-state index contributed by atoms with van der Waals surface area (Å²) in [5.74, 6) is 0.314. The molecule has 2 atom stereocenters. The average molecular weight is 246 g/mol. The third-order valence-electron chi connectivity index (χ3n) is 3.75. The Morgan fingerprint density at radius 1 is 1.28 bits per heavy atom. The van der Waals surface area contributed by atoms with Crippen molar-refractivity contribution in [1.29, 1.82) is 0 Å². The molecule has 0 aliphatic heterocycles. The molecule has 0 saturated heterocycles. The van der Waals surface area contributed by atoms with Crippen LogP contribution in [-0.2, 0) is 0 Å². The highest BCUT2D eigenvalue weighted by Crippen LogP contribution is 2.27. The monoisotopic (exact) mass is 246 g/mol. The normalized spacial score (nSPS) is 24.3. The topological polar surface area (TPSA) is 58.3 Å². The van der Waals surface area contributed by atoms with Gasteiger partial charge >= 0.3 is 0 Å². The van der Waals surface area contributed by atoms with Crippen LogP contribution < -0.4 is 5.32 Å². The Morgan fingerprint density at radius 2 is 2.11 bits per heavy atom. The van der Waals surface area contributed by atoms with E-state index in [1.807, 2.05) is 24.3 Å². The van der Waals surface area contributed by atoms with Gasteiger partial charge < -0.3 is 14.8 Å². The van der Waals surface area contributed by atoms with Gasteiger partial charge in [0, 0.05) is 18.6 Å². The molecule has 4 nitrogen and oxygen atoms in total. The SMILES string of the molecule is OCC1CCCCC1Nc1nc2ccccc2o1. The molecule has 96 valence electrons. The van der Waals surface area contributed by atoms with E-state index >= 15 is 0 Å². The maximum Gasteiger partial charge on any atom is 0.295 e. The van der Waals surface area contributed by atoms with Crippen LogP contribution in [0.15, 0.2) is 28.7 Å². The summed E-state index contributed by atoms with van der Waals surface area (Å²) in [6, 6.07) is 8.59. The second-order valence-corrected chi connectivity index (χ2v) is 4.96. The summed E-state index contributed by atoms with van der Waals surface area (Å²) >= 11 is 0. The second kappa shape index (κ2) is 4.98. The number of fused-ring (bicyclic) bond motifs is 1. The standard InChI is InChI=1S/C14H18N2O2/c17-9-10-5-1-2-6-11(10)15-14-16-12-7-3-4-8-13(12)18-14/h3-4,7-8,10-11,17H,1-2,5-6,9H2,(H,15,16). The molecule has 1 aliphatic rings. The van der Waals surface area contributed by atoms with Gasteiger partial charge in [0.2, 0.25) is 0 Å². The first-order valence-corrected chi connectivity index (χ1v) is 6.60. The number of hydrogen-bond donors (Lipinski definition) is 2. The van der Waals surface area contributed by atoms with Crippen LogP contribution in [0.5, 0.6) is 0 Å². The molecule has 0 spiro atoms. The third-order valence-corrected chi connectivity index (χ3v) is 3.75. The second-order valence-electron chi connectivity index (χ2n) is 4.96. The Hall–Kier alpha value is -1.55. The van der Waals surface area contributed by atoms with E-state index in [9.17, 15) is 5.11 Å². The lowest BCUT2D eigenvalue weighted by atomic mass is 9.85. The molecular weight excluding hydrogens is 228 g/mol. The van der Waals surface area contributed by atoms with Gasteiger partial charge in [0.1, 0.15) is 5.52 Å². The smallest absolute Gasteiger partial charge is 0.295 e. The van der Waals surface area contributed by atoms with E-state index in [0.29, 0.717) is 11.9 Å². The van der Waals surface area contributed by atoms with Gasteiger partial charge in [0.05, 0.1) is 0 Å². The Kier molecular flexibility index (Phi) is 3.19. The highest BCUT2D eigenvalue weighted by Gasteiger charge is 2.25. The number of aliphatic hydroxyl groups is 1. The van der Waals surface area contributed by atoms with Crippen LogP contribution >= 0.6 is 0 Å². The number of benzene rings is 1. The van der Waals surface area contributed by atoms with Gasteiger partial charge in [-0.2, -0.15) is 4.98 Å². The van der Waals surface area contributed by atoms with Crippen LogP contribution in [0.2, 0.25) is 0 Å². The minimum absolute atomic E-state index is 0.234. The summed E-state index contributed by atoms with van der Waals surface area (Å²) in [6.07, 6.45) is 4.56. The summed E-state index contributed by atoms with van der Waals surface area (Å²) in [5.41, 5.74) is 1.67. The van der Waals surface area contributed by atoms with Crippen LogP contribution in [0.4, 0.5) is 6.01 Å². The lowest BCUT2D eigenvalue weighted by Crippen LogP contribution is -2.34. The van der Waals surface area contributed by atoms with E-state index in [0.717, 1.165) is 23.9 Å². The molecule has 18 heavy (non-hydrogen) atoms. The van der Waals surface area contributed by atoms with Crippen molar-refractivity contribution in [2.24, 2.45) is 5.92 Å². The van der Waals surface area contributed by atoms with Crippen molar-refractivity contribution >= 4 is 17.1 Å². The van der Waals surface area contributed by atoms with Gasteiger partial charge in [-0.1, -0.05) is 25.0 Å². The molecule has 0 amide bonds. The molecule has 1 saturated carbocycles. The number of aromatic nitrogens is 1. The first kappa shape index (κ1) is 11.5. The molecule has 0 bridgehead atoms. The van der Waals surface area contributed by atoms with Gasteiger partial charge in [-0.3, -0.25) is 0 Å². The molecule has 1 heterocycles. The lowest BCUT2D eigenvalue weighted by molar-refractivity contribution is 0.177. The van der Waals surface area contributed by atoms with Crippen molar-refractivity contribution in [3.05, 3.63) is 24.3 Å². The molecule has 1 aromatic carbocycles. The third kappa shape index (κ3) is 2.20. The van der Waals surface area contributed by atoms with E-state index in [-0.39, 0.29) is 12.6 Å². The highest BCUT2D eigenvalue weighted by molar-refractivity contribution is 5.74. The molecule has 0 radical (unpaired) electrons. The quantitative estimate of drug-likeness (QED) is 0.874. The maximum absolute atomic E-state index is 9.39. The van der Waals surface area contributed by atoms with Crippen molar-refractivity contribution in [2.45, 2.75) is 31.7 Å². The van der Waals surface area contributed by atoms with Crippen LogP contribution in [0.1, 0.15) is 25.7 Å². The summed E-state index contributed by atoms with van der Waals surface area (Å²) in [5, 5.41) is 12.7. The Labute approximate surface area is 106 Å². The number of nitrogens with zero attached hydrogens (tertiary/aromatic N) is 1. The minimum atomic E-state index is 0.234. The molecule has 1 aromatic heterocycles. The fourth-order valence-electron chi connectivity index (χ4n) is 2.71. The summed E-state index contributed by atoms with van der Waals surface area (Å²) in [6.45, 7) is 0.234. The number of rotatable bonds is 3. The highest BCUT2D eigenvalue weighted by atomic mass is 16.4. The van der Waals surface area contributed by atoms with E-state index in [4.69, 9.17) is 4.42 Å². The molecule has 2 N–H and O–H groups in total. The number of para-hydroxylation sites is 2. The number of nitrogens with one attached hydrogen (secondary N) is 1. The van der Waals surface area contributed by atoms with Crippen molar-refractivity contribution in [2.75, 3.05) is 11.9 Å². The van der Waals surface area contributed by atoms with Gasteiger partial charge in [0.25, 0.3) is 6.01 Å². The largest absolute Gasteiger partial charge is 0.424 e. The fourth-order valence-corrected chi connectivity index (χ4v) is 2.71. The predicted octanol–water partition coefficient (Wildman–Crippen LogP) is 2.79. The Bertz CT molecular complexity index is 490. The molecule has 4 heteroatoms. The fraction of sp³-hybridized carbons (Fsp3) is 0.500. The van der Waals surface area contributed by atoms with Crippen LogP contribution in [0.25, 0.3) is 11.1 Å². The average Bonchev–Trinajstić information content (AvgIpc) is 2.81. The Morgan fingerprint density at radius 3 is 2.94 bits per heavy atom. The summed E-state index contributed by atoms with van der Waals surface area (Å²) in [4.78, 5) is 4.42. The summed E-state index contributed by atoms with van der Waals surface area (Å²) < 4.78 is 5.66. The van der Waals surface area contributed by atoms with Crippen LogP contribution in [-0.4, -0.2) is 22.7 Å². The molecule has 1 fully saturated rings. The molecular formula is C14H18N2O2. The van der Waals surface area contributed by atoms with Gasteiger partial charge in [-0.15, -0.1) is 0 Å². The van der Waals surface area contributed by atoms with Crippen molar-refractivity contribution < 1.29 is 9.52 Å². The van der Waals surface area contributed by atoms with Gasteiger partial charge in [-0.05, 0) is 25.0 Å². The van der Waals surface area contributed by atoms with Crippen molar-refractivity contribution in [1.82, 2.24) is 4.98 Å². The minimum Gasteiger partial charge on any atom is -0.424 e. The first-order chi connectivity index (χ1) is 8.86. The zero-order chi connectivity index (χ0) is 12.4. The van der Waals surface area contributed by atoms with Gasteiger partial charge in [0.15, 0.2) is 5.58 Å².